The predicted octanol–water partition coefficient (Wildman–Crippen LogP) is 4.56. The maximum Gasteiger partial charge on any atom is 0.305 e. The van der Waals surface area contributed by atoms with Gasteiger partial charge >= 0.3 is 5.97 Å². The maximum atomic E-state index is 13.7. The lowest BCUT2D eigenvalue weighted by Crippen LogP contribution is -2.16. The fourth-order valence-electron chi connectivity index (χ4n) is 3.35. The lowest BCUT2D eigenvalue weighted by molar-refractivity contribution is -0.140. The molecule has 0 saturated heterocycles. The highest BCUT2D eigenvalue weighted by Gasteiger charge is 2.26. The summed E-state index contributed by atoms with van der Waals surface area (Å²) in [5.74, 6) is -0.405. The molecule has 0 aliphatic heterocycles. The number of aryl methyl sites for hydroxylation is 2. The summed E-state index contributed by atoms with van der Waals surface area (Å²) < 4.78 is 34.1. The molecule has 0 aliphatic carbocycles. The first-order valence-corrected chi connectivity index (χ1v) is 11.4. The van der Waals surface area contributed by atoms with Gasteiger partial charge in [-0.1, -0.05) is 17.7 Å². The van der Waals surface area contributed by atoms with Crippen LogP contribution in [-0.2, 0) is 26.0 Å². The Morgan fingerprint density at radius 3 is 2.79 bits per heavy atom. The number of carbonyl (C=O) groups excluding carboxylic acids is 1. The Hall–Kier alpha value is -2.42. The number of carbonyl (C=O) groups is 1. The molecular weight excluding hydrogens is 432 g/mol. The summed E-state index contributed by atoms with van der Waals surface area (Å²) in [6, 6.07) is 11.9. The summed E-state index contributed by atoms with van der Waals surface area (Å²) in [5.41, 5.74) is 1.64. The zero-order valence-corrected chi connectivity index (χ0v) is 18.1. The van der Waals surface area contributed by atoms with Gasteiger partial charge in [0.05, 0.1) is 34.3 Å². The van der Waals surface area contributed by atoms with Crippen LogP contribution in [0.1, 0.15) is 17.1 Å². The summed E-state index contributed by atoms with van der Waals surface area (Å²) in [5, 5.41) is 1.98. The van der Waals surface area contributed by atoms with Crippen LogP contribution in [0.5, 0.6) is 0 Å². The number of hydrogen-bond acceptors (Lipinski definition) is 6. The number of rotatable bonds is 5. The number of esters is 1. The van der Waals surface area contributed by atoms with Crippen LogP contribution in [0, 0.1) is 6.92 Å². The summed E-state index contributed by atoms with van der Waals surface area (Å²) in [6.07, 6.45) is 0.288. The number of ether oxygens (including phenoxy) is 1. The van der Waals surface area contributed by atoms with E-state index in [0.29, 0.717) is 31.8 Å². The maximum absolute atomic E-state index is 13.7. The fraction of sp³-hybridized carbons (Fsp3) is 0.200. The third kappa shape index (κ3) is 3.52. The van der Waals surface area contributed by atoms with Crippen LogP contribution >= 0.6 is 22.9 Å². The van der Waals surface area contributed by atoms with Crippen LogP contribution < -0.4 is 0 Å². The molecule has 0 amide bonds. The van der Waals surface area contributed by atoms with E-state index in [4.69, 9.17) is 16.3 Å². The van der Waals surface area contributed by atoms with E-state index in [9.17, 15) is 13.2 Å². The van der Waals surface area contributed by atoms with Gasteiger partial charge in [-0.25, -0.2) is 17.4 Å². The highest BCUT2D eigenvalue weighted by molar-refractivity contribution is 7.90. The van der Waals surface area contributed by atoms with E-state index >= 15 is 0 Å². The van der Waals surface area contributed by atoms with Crippen molar-refractivity contribution in [2.75, 3.05) is 7.11 Å². The van der Waals surface area contributed by atoms with E-state index in [0.717, 1.165) is 5.01 Å². The van der Waals surface area contributed by atoms with E-state index in [1.165, 1.54) is 22.4 Å². The average Bonchev–Trinajstić information content (AvgIpc) is 3.24. The number of methoxy groups -OCH3 is 1. The van der Waals surface area contributed by atoms with Crippen molar-refractivity contribution in [1.82, 2.24) is 8.96 Å². The average molecular weight is 449 g/mol. The minimum absolute atomic E-state index is 0.0694. The molecule has 0 spiro atoms. The van der Waals surface area contributed by atoms with Crippen LogP contribution in [0.4, 0.5) is 0 Å². The molecule has 2 aromatic heterocycles. The van der Waals surface area contributed by atoms with Crippen molar-refractivity contribution in [3.05, 3.63) is 58.2 Å². The molecule has 4 rings (SSSR count). The van der Waals surface area contributed by atoms with Gasteiger partial charge in [0.25, 0.3) is 10.0 Å². The monoisotopic (exact) mass is 448 g/mol. The SMILES string of the molecule is COC(=O)CCc1cc2cc(Cl)ccc2n1S(=O)(=O)c1cccc2nc(C)sc12. The Balaban J connectivity index is 1.96. The van der Waals surface area contributed by atoms with Crippen molar-refractivity contribution in [2.24, 2.45) is 0 Å². The van der Waals surface area contributed by atoms with Crippen molar-refractivity contribution >= 4 is 60.0 Å². The predicted molar refractivity (Wildman–Crippen MR) is 114 cm³/mol. The van der Waals surface area contributed by atoms with Gasteiger partial charge in [-0.2, -0.15) is 0 Å². The van der Waals surface area contributed by atoms with Gasteiger partial charge in [0.15, 0.2) is 0 Å². The lowest BCUT2D eigenvalue weighted by atomic mass is 10.2. The first-order valence-electron chi connectivity index (χ1n) is 8.79. The Morgan fingerprint density at radius 1 is 1.24 bits per heavy atom. The lowest BCUT2D eigenvalue weighted by Gasteiger charge is -2.12. The zero-order chi connectivity index (χ0) is 20.8. The van der Waals surface area contributed by atoms with E-state index in [1.807, 2.05) is 6.92 Å². The van der Waals surface area contributed by atoms with Crippen molar-refractivity contribution in [3.63, 3.8) is 0 Å². The quantitative estimate of drug-likeness (QED) is 0.418. The van der Waals surface area contributed by atoms with E-state index in [2.05, 4.69) is 4.98 Å². The van der Waals surface area contributed by atoms with Gasteiger partial charge in [-0.3, -0.25) is 4.79 Å². The second-order valence-electron chi connectivity index (χ2n) is 6.52. The van der Waals surface area contributed by atoms with Crippen LogP contribution in [0.3, 0.4) is 0 Å². The number of aromatic nitrogens is 2. The zero-order valence-electron chi connectivity index (χ0n) is 15.7. The molecule has 0 N–H and O–H groups in total. The van der Waals surface area contributed by atoms with E-state index in [1.54, 1.807) is 42.5 Å². The molecule has 0 radical (unpaired) electrons. The van der Waals surface area contributed by atoms with Crippen molar-refractivity contribution < 1.29 is 17.9 Å². The van der Waals surface area contributed by atoms with E-state index < -0.39 is 16.0 Å². The summed E-state index contributed by atoms with van der Waals surface area (Å²) >= 11 is 7.44. The topological polar surface area (TPSA) is 78.3 Å². The Morgan fingerprint density at radius 2 is 2.03 bits per heavy atom. The van der Waals surface area contributed by atoms with Gasteiger partial charge in [-0.15, -0.1) is 11.3 Å². The largest absolute Gasteiger partial charge is 0.469 e. The molecule has 0 atom stereocenters. The molecular formula is C20H17ClN2O4S2. The normalized spacial score (nSPS) is 12.0. The second kappa shape index (κ2) is 7.44. The van der Waals surface area contributed by atoms with Crippen LogP contribution in [0.2, 0.25) is 5.02 Å². The molecule has 9 heteroatoms. The Labute approximate surface area is 176 Å². The smallest absolute Gasteiger partial charge is 0.305 e. The summed E-state index contributed by atoms with van der Waals surface area (Å²) in [6.45, 7) is 1.84. The molecule has 0 fully saturated rings. The Bertz CT molecular complexity index is 1360. The van der Waals surface area contributed by atoms with Crippen LogP contribution in [-0.4, -0.2) is 30.5 Å². The van der Waals surface area contributed by atoms with Gasteiger partial charge in [0, 0.05) is 16.1 Å². The summed E-state index contributed by atoms with van der Waals surface area (Å²) in [4.78, 5) is 16.2. The number of halogens is 1. The van der Waals surface area contributed by atoms with E-state index in [-0.39, 0.29) is 17.7 Å². The highest BCUT2D eigenvalue weighted by atomic mass is 35.5. The van der Waals surface area contributed by atoms with Gasteiger partial charge < -0.3 is 4.74 Å². The molecule has 6 nitrogen and oxygen atoms in total. The van der Waals surface area contributed by atoms with Crippen LogP contribution in [0.15, 0.2) is 47.4 Å². The standard InChI is InChI=1S/C20H17ClN2O4S2/c1-12-22-16-4-3-5-18(20(16)28-12)29(25,26)23-15(7-9-19(24)27-2)11-13-10-14(21)6-8-17(13)23/h3-6,8,10-11H,7,9H2,1-2H3. The minimum Gasteiger partial charge on any atom is -0.469 e. The first-order chi connectivity index (χ1) is 13.8. The van der Waals surface area contributed by atoms with Crippen molar-refractivity contribution in [1.29, 1.82) is 0 Å². The molecule has 2 aromatic carbocycles. The highest BCUT2D eigenvalue weighted by Crippen LogP contribution is 2.33. The number of nitrogens with zero attached hydrogens (tertiary/aromatic N) is 2. The molecule has 29 heavy (non-hydrogen) atoms. The van der Waals surface area contributed by atoms with Gasteiger partial charge in [0.2, 0.25) is 0 Å². The number of hydrogen-bond donors (Lipinski definition) is 0. The van der Waals surface area contributed by atoms with Gasteiger partial charge in [0.1, 0.15) is 4.90 Å². The second-order valence-corrected chi connectivity index (χ2v) is 9.92. The molecule has 0 bridgehead atoms. The third-order valence-electron chi connectivity index (χ3n) is 4.61. The molecule has 0 aliphatic rings. The number of fused-ring (bicyclic) bond motifs is 2. The number of benzene rings is 2. The van der Waals surface area contributed by atoms with Gasteiger partial charge in [-0.05, 0) is 49.7 Å². The molecule has 0 saturated carbocycles. The molecule has 150 valence electrons. The molecule has 0 unspecified atom stereocenters. The Kier molecular flexibility index (Phi) is 5.10. The van der Waals surface area contributed by atoms with Crippen LogP contribution in [0.25, 0.3) is 21.1 Å². The number of thiazole rings is 1. The third-order valence-corrected chi connectivity index (χ3v) is 7.80. The summed E-state index contributed by atoms with van der Waals surface area (Å²) in [7, 11) is -2.63. The fourth-order valence-corrected chi connectivity index (χ4v) is 6.46. The first kappa shape index (κ1) is 19.9. The molecule has 4 aromatic rings. The molecule has 2 heterocycles. The minimum atomic E-state index is -3.94. The van der Waals surface area contributed by atoms with Crippen molar-refractivity contribution in [2.45, 2.75) is 24.7 Å². The van der Waals surface area contributed by atoms with Crippen molar-refractivity contribution in [3.8, 4) is 0 Å².